The number of Topliss-reactive ketones (excluding diaryl/α,β-unsaturated/α-hetero) is 1. The highest BCUT2D eigenvalue weighted by Gasteiger charge is 2.46. The number of carbonyl (C=O) groups excluding carboxylic acids is 1. The second kappa shape index (κ2) is 4.58. The first-order valence-electron chi connectivity index (χ1n) is 6.43. The molecule has 0 aliphatic heterocycles. The fraction of sp³-hybridized carbons (Fsp3) is 0.0556. The molecule has 98 valence electrons. The highest BCUT2D eigenvalue weighted by Crippen LogP contribution is 2.41. The molecule has 1 atom stereocenters. The van der Waals surface area contributed by atoms with Crippen molar-refractivity contribution in [1.29, 1.82) is 0 Å². The lowest BCUT2D eigenvalue weighted by molar-refractivity contribution is -0.127. The summed E-state index contributed by atoms with van der Waals surface area (Å²) >= 11 is 0. The Kier molecular flexibility index (Phi) is 2.88. The third-order valence-corrected chi connectivity index (χ3v) is 3.63. The van der Waals surface area contributed by atoms with Crippen LogP contribution < -0.4 is 0 Å². The zero-order valence-corrected chi connectivity index (χ0v) is 10.9. The van der Waals surface area contributed by atoms with E-state index in [1.807, 2.05) is 36.4 Å². The lowest BCUT2D eigenvalue weighted by Crippen LogP contribution is -2.33. The fourth-order valence-corrected chi connectivity index (χ4v) is 2.51. The maximum Gasteiger partial charge on any atom is 0.204 e. The molecule has 20 heavy (non-hydrogen) atoms. The average Bonchev–Trinajstić information content (AvgIpc) is 2.74. The number of rotatable bonds is 2. The van der Waals surface area contributed by atoms with Gasteiger partial charge in [-0.1, -0.05) is 67.2 Å². The summed E-state index contributed by atoms with van der Waals surface area (Å²) in [5, 5.41) is 10.8. The van der Waals surface area contributed by atoms with Gasteiger partial charge < -0.3 is 5.11 Å². The lowest BCUT2D eigenvalue weighted by Gasteiger charge is -2.23. The summed E-state index contributed by atoms with van der Waals surface area (Å²) < 4.78 is 0. The van der Waals surface area contributed by atoms with Crippen LogP contribution in [-0.4, -0.2) is 10.9 Å². The Morgan fingerprint density at radius 1 is 0.900 bits per heavy atom. The molecule has 1 aliphatic carbocycles. The van der Waals surface area contributed by atoms with Crippen LogP contribution in [0.5, 0.6) is 0 Å². The second-order valence-corrected chi connectivity index (χ2v) is 4.85. The van der Waals surface area contributed by atoms with Crippen LogP contribution in [0.25, 0.3) is 5.57 Å². The molecular weight excluding hydrogens is 248 g/mol. The van der Waals surface area contributed by atoms with Crippen LogP contribution >= 0.6 is 0 Å². The quantitative estimate of drug-likeness (QED) is 0.903. The smallest absolute Gasteiger partial charge is 0.204 e. The molecule has 0 heterocycles. The first kappa shape index (κ1) is 12.6. The van der Waals surface area contributed by atoms with Crippen molar-refractivity contribution in [3.8, 4) is 0 Å². The van der Waals surface area contributed by atoms with E-state index < -0.39 is 5.60 Å². The Bertz CT molecular complexity index is 699. The van der Waals surface area contributed by atoms with Gasteiger partial charge in [0.15, 0.2) is 5.60 Å². The summed E-state index contributed by atoms with van der Waals surface area (Å²) in [6.07, 6.45) is 1.67. The van der Waals surface area contributed by atoms with Crippen LogP contribution in [0.4, 0.5) is 0 Å². The molecule has 3 rings (SSSR count). The first-order chi connectivity index (χ1) is 9.64. The zero-order valence-electron chi connectivity index (χ0n) is 10.9. The Morgan fingerprint density at radius 3 is 2.05 bits per heavy atom. The summed E-state index contributed by atoms with van der Waals surface area (Å²) in [4.78, 5) is 12.7. The van der Waals surface area contributed by atoms with Gasteiger partial charge in [-0.2, -0.15) is 0 Å². The van der Waals surface area contributed by atoms with E-state index in [0.717, 1.165) is 5.56 Å². The standard InChI is InChI=1S/C18H14O2/c1-13-12-16(14-8-4-2-5-9-14)17(19)18(13,20)15-10-6-3-7-11-15/h2-12,20H,1H2. The topological polar surface area (TPSA) is 37.3 Å². The maximum absolute atomic E-state index is 12.7. The average molecular weight is 262 g/mol. The molecule has 1 aliphatic rings. The molecule has 0 radical (unpaired) electrons. The summed E-state index contributed by atoms with van der Waals surface area (Å²) in [6, 6.07) is 18.3. The van der Waals surface area contributed by atoms with E-state index >= 15 is 0 Å². The minimum atomic E-state index is -1.65. The Morgan fingerprint density at radius 2 is 1.45 bits per heavy atom. The maximum atomic E-state index is 12.7. The van der Waals surface area contributed by atoms with Crippen molar-refractivity contribution in [1.82, 2.24) is 0 Å². The predicted octanol–water partition coefficient (Wildman–Crippen LogP) is 3.10. The number of ketones is 1. The Hall–Kier alpha value is -2.45. The molecule has 2 nitrogen and oxygen atoms in total. The molecule has 2 heteroatoms. The zero-order chi connectivity index (χ0) is 14.2. The van der Waals surface area contributed by atoms with Gasteiger partial charge in [-0.3, -0.25) is 4.79 Å². The van der Waals surface area contributed by atoms with Crippen molar-refractivity contribution in [3.05, 3.63) is 90.0 Å². The molecule has 1 N–H and O–H groups in total. The molecule has 0 aromatic heterocycles. The van der Waals surface area contributed by atoms with Crippen molar-refractivity contribution in [2.45, 2.75) is 5.60 Å². The Labute approximate surface area is 117 Å². The summed E-state index contributed by atoms with van der Waals surface area (Å²) in [5.41, 5.74) is 0.615. The van der Waals surface area contributed by atoms with Gasteiger partial charge in [0.05, 0.1) is 0 Å². The highest BCUT2D eigenvalue weighted by molar-refractivity contribution is 6.29. The van der Waals surface area contributed by atoms with E-state index in [2.05, 4.69) is 6.58 Å². The molecule has 0 saturated heterocycles. The van der Waals surface area contributed by atoms with Crippen LogP contribution in [0, 0.1) is 0 Å². The minimum Gasteiger partial charge on any atom is -0.373 e. The van der Waals surface area contributed by atoms with Crippen LogP contribution in [0.1, 0.15) is 11.1 Å². The predicted molar refractivity (Wildman–Crippen MR) is 78.9 cm³/mol. The van der Waals surface area contributed by atoms with Gasteiger partial charge in [-0.15, -0.1) is 0 Å². The van der Waals surface area contributed by atoms with Crippen molar-refractivity contribution >= 4 is 11.4 Å². The van der Waals surface area contributed by atoms with Gasteiger partial charge in [0.2, 0.25) is 5.78 Å². The number of carbonyl (C=O) groups is 1. The normalized spacial score (nSPS) is 21.9. The van der Waals surface area contributed by atoms with Crippen molar-refractivity contribution < 1.29 is 9.90 Å². The third-order valence-electron chi connectivity index (χ3n) is 3.63. The summed E-state index contributed by atoms with van der Waals surface area (Å²) in [7, 11) is 0. The Balaban J connectivity index is 2.08. The number of benzene rings is 2. The van der Waals surface area contributed by atoms with Crippen molar-refractivity contribution in [2.75, 3.05) is 0 Å². The number of aliphatic hydroxyl groups is 1. The molecule has 2 aromatic rings. The van der Waals surface area contributed by atoms with Crippen LogP contribution in [0.15, 0.2) is 78.9 Å². The number of hydrogen-bond donors (Lipinski definition) is 1. The van der Waals surface area contributed by atoms with Gasteiger partial charge in [0, 0.05) is 5.57 Å². The van der Waals surface area contributed by atoms with E-state index in [9.17, 15) is 9.90 Å². The van der Waals surface area contributed by atoms with Gasteiger partial charge in [0.1, 0.15) is 0 Å². The van der Waals surface area contributed by atoms with Crippen LogP contribution in [-0.2, 0) is 10.4 Å². The molecule has 0 amide bonds. The van der Waals surface area contributed by atoms with E-state index in [-0.39, 0.29) is 5.78 Å². The minimum absolute atomic E-state index is 0.320. The molecule has 2 aromatic carbocycles. The second-order valence-electron chi connectivity index (χ2n) is 4.85. The van der Waals surface area contributed by atoms with Crippen molar-refractivity contribution in [3.63, 3.8) is 0 Å². The lowest BCUT2D eigenvalue weighted by atomic mass is 9.86. The molecule has 0 fully saturated rings. The van der Waals surface area contributed by atoms with Crippen LogP contribution in [0.3, 0.4) is 0 Å². The fourth-order valence-electron chi connectivity index (χ4n) is 2.51. The molecular formula is C18H14O2. The summed E-state index contributed by atoms with van der Waals surface area (Å²) in [6.45, 7) is 3.86. The van der Waals surface area contributed by atoms with E-state index in [1.54, 1.807) is 30.3 Å². The van der Waals surface area contributed by atoms with E-state index in [0.29, 0.717) is 16.7 Å². The number of hydrogen-bond acceptors (Lipinski definition) is 2. The summed E-state index contributed by atoms with van der Waals surface area (Å²) in [5.74, 6) is -0.320. The van der Waals surface area contributed by atoms with Crippen LogP contribution in [0.2, 0.25) is 0 Å². The van der Waals surface area contributed by atoms with Crippen molar-refractivity contribution in [2.24, 2.45) is 0 Å². The van der Waals surface area contributed by atoms with E-state index in [4.69, 9.17) is 0 Å². The molecule has 1 unspecified atom stereocenters. The highest BCUT2D eigenvalue weighted by atomic mass is 16.3. The van der Waals surface area contributed by atoms with Gasteiger partial charge >= 0.3 is 0 Å². The molecule has 0 bridgehead atoms. The van der Waals surface area contributed by atoms with Gasteiger partial charge in [0.25, 0.3) is 0 Å². The largest absolute Gasteiger partial charge is 0.373 e. The molecule has 0 saturated carbocycles. The SMILES string of the molecule is C=C1C=C(c2ccccc2)C(=O)C1(O)c1ccccc1. The van der Waals surface area contributed by atoms with E-state index in [1.165, 1.54) is 0 Å². The van der Waals surface area contributed by atoms with Gasteiger partial charge in [-0.25, -0.2) is 0 Å². The first-order valence-corrected chi connectivity index (χ1v) is 6.43. The van der Waals surface area contributed by atoms with Gasteiger partial charge in [-0.05, 0) is 22.8 Å². The molecule has 0 spiro atoms. The monoisotopic (exact) mass is 262 g/mol. The third kappa shape index (κ3) is 1.74.